The number of carboxylic acids is 1. The van der Waals surface area contributed by atoms with Crippen LogP contribution < -0.4 is 40.0 Å². The molecule has 4 heteroatoms. The Hall–Kier alpha value is 0.430. The molecule has 0 spiro atoms. The molecule has 0 aromatic heterocycles. The molecule has 0 rings (SSSR count). The van der Waals surface area contributed by atoms with E-state index >= 15 is 0 Å². The van der Waals surface area contributed by atoms with Gasteiger partial charge in [0.25, 0.3) is 0 Å². The SMILES string of the molecule is CCCCCCCCCCCCCCCNCCC(=O)[O-].[Na+]. The first-order chi connectivity index (χ1) is 10.3. The molecule has 0 bridgehead atoms. The van der Waals surface area contributed by atoms with Crippen LogP contribution in [0.3, 0.4) is 0 Å². The van der Waals surface area contributed by atoms with E-state index in [9.17, 15) is 9.90 Å². The van der Waals surface area contributed by atoms with Crippen molar-refractivity contribution >= 4 is 5.97 Å². The third-order valence-electron chi connectivity index (χ3n) is 3.96. The summed E-state index contributed by atoms with van der Waals surface area (Å²) in [6, 6.07) is 0. The zero-order valence-corrected chi connectivity index (χ0v) is 17.1. The van der Waals surface area contributed by atoms with Gasteiger partial charge in [-0.2, -0.15) is 0 Å². The fraction of sp³-hybridized carbons (Fsp3) is 0.944. The van der Waals surface area contributed by atoms with Gasteiger partial charge in [-0.1, -0.05) is 84.0 Å². The minimum Gasteiger partial charge on any atom is -0.550 e. The van der Waals surface area contributed by atoms with Gasteiger partial charge in [0.2, 0.25) is 0 Å². The van der Waals surface area contributed by atoms with Crippen molar-refractivity contribution in [3.8, 4) is 0 Å². The van der Waals surface area contributed by atoms with E-state index in [1.807, 2.05) is 0 Å². The van der Waals surface area contributed by atoms with Gasteiger partial charge >= 0.3 is 29.6 Å². The van der Waals surface area contributed by atoms with Crippen LogP contribution in [-0.4, -0.2) is 19.1 Å². The van der Waals surface area contributed by atoms with Crippen molar-refractivity contribution in [3.63, 3.8) is 0 Å². The molecule has 0 atom stereocenters. The van der Waals surface area contributed by atoms with Crippen molar-refractivity contribution in [2.24, 2.45) is 0 Å². The Morgan fingerprint density at radius 2 is 1.14 bits per heavy atom. The van der Waals surface area contributed by atoms with Gasteiger partial charge in [0, 0.05) is 12.5 Å². The predicted octanol–water partition coefficient (Wildman–Crippen LogP) is 0.811. The van der Waals surface area contributed by atoms with Gasteiger partial charge in [0.1, 0.15) is 0 Å². The van der Waals surface area contributed by atoms with E-state index in [2.05, 4.69) is 12.2 Å². The molecule has 0 saturated carbocycles. The van der Waals surface area contributed by atoms with Crippen LogP contribution in [0.2, 0.25) is 0 Å². The van der Waals surface area contributed by atoms with Crippen molar-refractivity contribution in [3.05, 3.63) is 0 Å². The van der Waals surface area contributed by atoms with Gasteiger partial charge in [0.05, 0.1) is 0 Å². The van der Waals surface area contributed by atoms with Gasteiger partial charge in [-0.3, -0.25) is 0 Å². The standard InChI is InChI=1S/C18H37NO2.Na/c1-2-3-4-5-6-7-8-9-10-11-12-13-14-16-19-17-15-18(20)21;/h19H,2-17H2,1H3,(H,20,21);/q;+1/p-1. The van der Waals surface area contributed by atoms with Gasteiger partial charge in [-0.25, -0.2) is 0 Å². The van der Waals surface area contributed by atoms with E-state index < -0.39 is 5.97 Å². The Morgan fingerprint density at radius 1 is 0.727 bits per heavy atom. The fourth-order valence-corrected chi connectivity index (χ4v) is 2.58. The summed E-state index contributed by atoms with van der Waals surface area (Å²) in [5.74, 6) is -0.965. The average molecular weight is 321 g/mol. The number of carbonyl (C=O) groups is 1. The Morgan fingerprint density at radius 3 is 1.55 bits per heavy atom. The first kappa shape index (κ1) is 24.7. The van der Waals surface area contributed by atoms with Crippen molar-refractivity contribution in [1.82, 2.24) is 5.32 Å². The first-order valence-corrected chi connectivity index (χ1v) is 9.18. The van der Waals surface area contributed by atoms with E-state index in [-0.39, 0.29) is 36.0 Å². The third kappa shape index (κ3) is 22.7. The number of nitrogens with one attached hydrogen (secondary N) is 1. The van der Waals surface area contributed by atoms with Crippen LogP contribution in [0, 0.1) is 0 Å². The summed E-state index contributed by atoms with van der Waals surface area (Å²) in [5.41, 5.74) is 0. The van der Waals surface area contributed by atoms with Gasteiger partial charge < -0.3 is 15.2 Å². The van der Waals surface area contributed by atoms with E-state index in [0.29, 0.717) is 6.54 Å². The number of rotatable bonds is 17. The van der Waals surface area contributed by atoms with Crippen molar-refractivity contribution in [1.29, 1.82) is 0 Å². The van der Waals surface area contributed by atoms with Crippen molar-refractivity contribution in [2.75, 3.05) is 13.1 Å². The summed E-state index contributed by atoms with van der Waals surface area (Å²) >= 11 is 0. The maximum Gasteiger partial charge on any atom is 1.00 e. The maximum atomic E-state index is 10.2. The molecular formula is C18H36NNaO2. The number of hydrogen-bond acceptors (Lipinski definition) is 3. The molecule has 0 aliphatic rings. The smallest absolute Gasteiger partial charge is 0.550 e. The van der Waals surface area contributed by atoms with E-state index in [1.165, 1.54) is 77.0 Å². The topological polar surface area (TPSA) is 52.2 Å². The van der Waals surface area contributed by atoms with Gasteiger partial charge in [0.15, 0.2) is 0 Å². The van der Waals surface area contributed by atoms with Crippen molar-refractivity contribution < 1.29 is 39.5 Å². The van der Waals surface area contributed by atoms with Crippen LogP contribution in [0.5, 0.6) is 0 Å². The molecule has 0 aliphatic heterocycles. The maximum absolute atomic E-state index is 10.2. The largest absolute Gasteiger partial charge is 1.00 e. The van der Waals surface area contributed by atoms with E-state index in [1.54, 1.807) is 0 Å². The molecule has 22 heavy (non-hydrogen) atoms. The second kappa shape index (κ2) is 21.4. The Bertz CT molecular complexity index is 225. The molecule has 0 saturated heterocycles. The Labute approximate surface area is 160 Å². The second-order valence-electron chi connectivity index (χ2n) is 6.11. The number of carbonyl (C=O) groups excluding carboxylic acids is 1. The predicted molar refractivity (Wildman–Crippen MR) is 88.2 cm³/mol. The van der Waals surface area contributed by atoms with E-state index in [0.717, 1.165) is 13.0 Å². The summed E-state index contributed by atoms with van der Waals surface area (Å²) in [7, 11) is 0. The number of unbranched alkanes of at least 4 members (excludes halogenated alkanes) is 12. The van der Waals surface area contributed by atoms with Crippen LogP contribution in [-0.2, 0) is 4.79 Å². The second-order valence-corrected chi connectivity index (χ2v) is 6.11. The number of hydrogen-bond donors (Lipinski definition) is 1. The summed E-state index contributed by atoms with van der Waals surface area (Å²) in [5, 5.41) is 13.3. The molecule has 0 aromatic rings. The number of aliphatic carboxylic acids is 1. The molecule has 0 radical (unpaired) electrons. The van der Waals surface area contributed by atoms with Crippen molar-refractivity contribution in [2.45, 2.75) is 96.8 Å². The quantitative estimate of drug-likeness (QED) is 0.319. The van der Waals surface area contributed by atoms with Crippen LogP contribution >= 0.6 is 0 Å². The molecule has 3 nitrogen and oxygen atoms in total. The average Bonchev–Trinajstić information content (AvgIpc) is 2.46. The molecule has 0 aromatic carbocycles. The van der Waals surface area contributed by atoms with Gasteiger partial charge in [-0.15, -0.1) is 0 Å². The third-order valence-corrected chi connectivity index (χ3v) is 3.96. The summed E-state index contributed by atoms with van der Waals surface area (Å²) < 4.78 is 0. The van der Waals surface area contributed by atoms with Crippen LogP contribution in [0.4, 0.5) is 0 Å². The Kier molecular flexibility index (Phi) is 24.0. The monoisotopic (exact) mass is 321 g/mol. The Balaban J connectivity index is 0. The fourth-order valence-electron chi connectivity index (χ4n) is 2.58. The molecule has 1 N–H and O–H groups in total. The zero-order valence-electron chi connectivity index (χ0n) is 15.1. The summed E-state index contributed by atoms with van der Waals surface area (Å²) in [6.07, 6.45) is 17.9. The number of carboxylic acid groups (broad SMARTS) is 1. The molecule has 0 heterocycles. The van der Waals surface area contributed by atoms with E-state index in [4.69, 9.17) is 0 Å². The van der Waals surface area contributed by atoms with Crippen LogP contribution in [0.1, 0.15) is 96.8 Å². The summed E-state index contributed by atoms with van der Waals surface area (Å²) in [6.45, 7) is 3.75. The zero-order chi connectivity index (χ0) is 15.6. The normalized spacial score (nSPS) is 10.4. The minimum absolute atomic E-state index is 0. The molecule has 0 amide bonds. The first-order valence-electron chi connectivity index (χ1n) is 9.18. The molecule has 0 unspecified atom stereocenters. The molecule has 0 fully saturated rings. The molecule has 0 aliphatic carbocycles. The minimum atomic E-state index is -0.965. The van der Waals surface area contributed by atoms with Gasteiger partial charge in [-0.05, 0) is 19.4 Å². The molecule has 126 valence electrons. The van der Waals surface area contributed by atoms with Crippen LogP contribution in [0.15, 0.2) is 0 Å². The van der Waals surface area contributed by atoms with Crippen LogP contribution in [0.25, 0.3) is 0 Å². The summed E-state index contributed by atoms with van der Waals surface area (Å²) in [4.78, 5) is 10.2. The molecular weight excluding hydrogens is 285 g/mol.